The first kappa shape index (κ1) is 16.3. The average molecular weight is 336 g/mol. The fourth-order valence-corrected chi connectivity index (χ4v) is 3.45. The number of hydrogen-bond donors (Lipinski definition) is 2. The highest BCUT2D eigenvalue weighted by atomic mass is 16.3. The zero-order chi connectivity index (χ0) is 17.1. The maximum Gasteiger partial charge on any atom is 0.121 e. The molecule has 3 aromatic rings. The summed E-state index contributed by atoms with van der Waals surface area (Å²) in [5.74, 6) is 1.03. The predicted octanol–water partition coefficient (Wildman–Crippen LogP) is 2.41. The molecule has 4 rings (SSSR count). The predicted molar refractivity (Wildman–Crippen MR) is 99.2 cm³/mol. The van der Waals surface area contributed by atoms with Gasteiger partial charge in [-0.2, -0.15) is 0 Å². The number of nitrogens with zero attached hydrogens (tertiary/aromatic N) is 3. The molecule has 0 saturated carbocycles. The average Bonchev–Trinajstić information content (AvgIpc) is 3.06. The van der Waals surface area contributed by atoms with Crippen LogP contribution in [0.15, 0.2) is 54.6 Å². The summed E-state index contributed by atoms with van der Waals surface area (Å²) in [6.07, 6.45) is -0.414. The smallest absolute Gasteiger partial charge is 0.121 e. The zero-order valence-corrected chi connectivity index (χ0v) is 14.3. The van der Waals surface area contributed by atoms with Crippen molar-refractivity contribution < 1.29 is 5.11 Å². The summed E-state index contributed by atoms with van der Waals surface area (Å²) in [5.41, 5.74) is 3.12. The van der Waals surface area contributed by atoms with Crippen molar-refractivity contribution in [3.63, 3.8) is 0 Å². The second-order valence-electron chi connectivity index (χ2n) is 6.70. The SMILES string of the molecule is OC(CN1CCN(Cc2nc3ccccc3[nH]2)CC1)c1ccccc1. The maximum absolute atomic E-state index is 10.4. The normalized spacial score (nSPS) is 17.8. The van der Waals surface area contributed by atoms with E-state index in [2.05, 4.69) is 25.8 Å². The molecular weight excluding hydrogens is 312 g/mol. The van der Waals surface area contributed by atoms with E-state index in [9.17, 15) is 5.11 Å². The molecule has 1 unspecified atom stereocenters. The Balaban J connectivity index is 1.29. The third kappa shape index (κ3) is 3.90. The fourth-order valence-electron chi connectivity index (χ4n) is 3.45. The highest BCUT2D eigenvalue weighted by Gasteiger charge is 2.20. The summed E-state index contributed by atoms with van der Waals surface area (Å²) in [5, 5.41) is 10.4. The molecule has 1 saturated heterocycles. The van der Waals surface area contributed by atoms with Gasteiger partial charge in [0, 0.05) is 32.7 Å². The van der Waals surface area contributed by atoms with Gasteiger partial charge in [-0.05, 0) is 17.7 Å². The van der Waals surface area contributed by atoms with E-state index in [1.807, 2.05) is 48.5 Å². The molecule has 1 atom stereocenters. The van der Waals surface area contributed by atoms with Crippen molar-refractivity contribution in [1.82, 2.24) is 19.8 Å². The number of rotatable bonds is 5. The van der Waals surface area contributed by atoms with Crippen LogP contribution in [0.5, 0.6) is 0 Å². The van der Waals surface area contributed by atoms with Crippen LogP contribution in [0.25, 0.3) is 11.0 Å². The molecule has 0 spiro atoms. The Morgan fingerprint density at radius 1 is 0.920 bits per heavy atom. The Morgan fingerprint density at radius 3 is 2.36 bits per heavy atom. The molecule has 2 aromatic carbocycles. The first-order chi connectivity index (χ1) is 12.3. The van der Waals surface area contributed by atoms with E-state index in [4.69, 9.17) is 0 Å². The molecule has 0 radical (unpaired) electrons. The zero-order valence-electron chi connectivity index (χ0n) is 14.3. The fraction of sp³-hybridized carbons (Fsp3) is 0.350. The number of H-pyrrole nitrogens is 1. The van der Waals surface area contributed by atoms with E-state index in [0.29, 0.717) is 6.54 Å². The van der Waals surface area contributed by atoms with Gasteiger partial charge in [-0.15, -0.1) is 0 Å². The van der Waals surface area contributed by atoms with Gasteiger partial charge in [0.2, 0.25) is 0 Å². The van der Waals surface area contributed by atoms with Crippen LogP contribution in [0.2, 0.25) is 0 Å². The van der Waals surface area contributed by atoms with E-state index >= 15 is 0 Å². The van der Waals surface area contributed by atoms with Crippen LogP contribution >= 0.6 is 0 Å². The van der Waals surface area contributed by atoms with Gasteiger partial charge in [0.25, 0.3) is 0 Å². The van der Waals surface area contributed by atoms with Gasteiger partial charge in [0.05, 0.1) is 23.7 Å². The summed E-state index contributed by atoms with van der Waals surface area (Å²) in [4.78, 5) is 12.8. The number of fused-ring (bicyclic) bond motifs is 1. The van der Waals surface area contributed by atoms with Crippen LogP contribution in [0, 0.1) is 0 Å². The van der Waals surface area contributed by atoms with Crippen LogP contribution in [-0.2, 0) is 6.54 Å². The second kappa shape index (κ2) is 7.35. The molecule has 1 aliphatic rings. The summed E-state index contributed by atoms with van der Waals surface area (Å²) >= 11 is 0. The first-order valence-corrected chi connectivity index (χ1v) is 8.89. The topological polar surface area (TPSA) is 55.4 Å². The molecule has 2 heterocycles. The van der Waals surface area contributed by atoms with Crippen LogP contribution in [0.4, 0.5) is 0 Å². The van der Waals surface area contributed by atoms with Gasteiger partial charge >= 0.3 is 0 Å². The standard InChI is InChI=1S/C20H24N4O/c25-19(16-6-2-1-3-7-16)14-23-10-12-24(13-11-23)15-20-21-17-8-4-5-9-18(17)22-20/h1-9,19,25H,10-15H2,(H,21,22). The number of nitrogens with one attached hydrogen (secondary N) is 1. The molecule has 25 heavy (non-hydrogen) atoms. The van der Waals surface area contributed by atoms with Gasteiger partial charge in [-0.1, -0.05) is 42.5 Å². The van der Waals surface area contributed by atoms with Crippen molar-refractivity contribution in [3.8, 4) is 0 Å². The van der Waals surface area contributed by atoms with Crippen molar-refractivity contribution in [2.24, 2.45) is 0 Å². The monoisotopic (exact) mass is 336 g/mol. The molecule has 1 aliphatic heterocycles. The lowest BCUT2D eigenvalue weighted by molar-refractivity contribution is 0.0693. The van der Waals surface area contributed by atoms with Gasteiger partial charge in [0.15, 0.2) is 0 Å². The van der Waals surface area contributed by atoms with E-state index < -0.39 is 6.10 Å². The molecule has 2 N–H and O–H groups in total. The van der Waals surface area contributed by atoms with Crippen LogP contribution in [-0.4, -0.2) is 57.6 Å². The minimum absolute atomic E-state index is 0.414. The number of aromatic nitrogens is 2. The molecule has 0 amide bonds. The molecule has 130 valence electrons. The number of imidazole rings is 1. The third-order valence-electron chi connectivity index (χ3n) is 4.89. The number of hydrogen-bond acceptors (Lipinski definition) is 4. The summed E-state index contributed by atoms with van der Waals surface area (Å²) < 4.78 is 0. The van der Waals surface area contributed by atoms with Crippen molar-refractivity contribution in [2.45, 2.75) is 12.6 Å². The Kier molecular flexibility index (Phi) is 4.78. The van der Waals surface area contributed by atoms with Crippen molar-refractivity contribution in [3.05, 3.63) is 66.0 Å². The number of β-amino-alcohol motifs (C(OH)–C–C–N with tert-alkyl or cyclic N) is 1. The number of aliphatic hydroxyl groups excluding tert-OH is 1. The van der Waals surface area contributed by atoms with Crippen LogP contribution in [0.3, 0.4) is 0 Å². The van der Waals surface area contributed by atoms with E-state index in [-0.39, 0.29) is 0 Å². The number of para-hydroxylation sites is 2. The lowest BCUT2D eigenvalue weighted by atomic mass is 10.1. The van der Waals surface area contributed by atoms with Crippen LogP contribution in [0.1, 0.15) is 17.5 Å². The van der Waals surface area contributed by atoms with E-state index in [1.165, 1.54) is 0 Å². The Hall–Kier alpha value is -2.21. The third-order valence-corrected chi connectivity index (χ3v) is 4.89. The number of aromatic amines is 1. The van der Waals surface area contributed by atoms with E-state index in [1.54, 1.807) is 0 Å². The van der Waals surface area contributed by atoms with Crippen LogP contribution < -0.4 is 0 Å². The highest BCUT2D eigenvalue weighted by molar-refractivity contribution is 5.74. The number of benzene rings is 2. The summed E-state index contributed by atoms with van der Waals surface area (Å²) in [6, 6.07) is 18.1. The molecule has 1 aromatic heterocycles. The second-order valence-corrected chi connectivity index (χ2v) is 6.70. The van der Waals surface area contributed by atoms with Crippen molar-refractivity contribution >= 4 is 11.0 Å². The molecule has 5 nitrogen and oxygen atoms in total. The van der Waals surface area contributed by atoms with Gasteiger partial charge in [-0.25, -0.2) is 4.98 Å². The minimum atomic E-state index is -0.414. The lowest BCUT2D eigenvalue weighted by Crippen LogP contribution is -2.47. The minimum Gasteiger partial charge on any atom is -0.387 e. The number of piperazine rings is 1. The van der Waals surface area contributed by atoms with Gasteiger partial charge < -0.3 is 10.1 Å². The molecular formula is C20H24N4O. The van der Waals surface area contributed by atoms with Gasteiger partial charge in [0.1, 0.15) is 5.82 Å². The van der Waals surface area contributed by atoms with Crippen molar-refractivity contribution in [2.75, 3.05) is 32.7 Å². The Morgan fingerprint density at radius 2 is 1.60 bits per heavy atom. The summed E-state index contributed by atoms with van der Waals surface area (Å²) in [6.45, 7) is 5.50. The lowest BCUT2D eigenvalue weighted by Gasteiger charge is -2.35. The molecule has 0 aliphatic carbocycles. The first-order valence-electron chi connectivity index (χ1n) is 8.89. The highest BCUT2D eigenvalue weighted by Crippen LogP contribution is 2.16. The molecule has 1 fully saturated rings. The Bertz CT molecular complexity index is 776. The van der Waals surface area contributed by atoms with E-state index in [0.717, 1.165) is 55.1 Å². The van der Waals surface area contributed by atoms with Crippen molar-refractivity contribution in [1.29, 1.82) is 0 Å². The maximum atomic E-state index is 10.4. The Labute approximate surface area is 147 Å². The number of aliphatic hydroxyl groups is 1. The van der Waals surface area contributed by atoms with Gasteiger partial charge in [-0.3, -0.25) is 9.80 Å². The molecule has 0 bridgehead atoms. The largest absolute Gasteiger partial charge is 0.387 e. The quantitative estimate of drug-likeness (QED) is 0.751. The summed E-state index contributed by atoms with van der Waals surface area (Å²) in [7, 11) is 0. The molecule has 5 heteroatoms.